The second-order valence-electron chi connectivity index (χ2n) is 6.98. The van der Waals surface area contributed by atoms with Gasteiger partial charge in [-0.2, -0.15) is 0 Å². The minimum absolute atomic E-state index is 0.0292. The summed E-state index contributed by atoms with van der Waals surface area (Å²) in [5.41, 5.74) is 0.924. The molecule has 1 N–H and O–H groups in total. The van der Waals surface area contributed by atoms with Crippen LogP contribution in [0.2, 0.25) is 0 Å². The summed E-state index contributed by atoms with van der Waals surface area (Å²) in [6.45, 7) is 5.68. The fraction of sp³-hybridized carbons (Fsp3) is 0.650. The monoisotopic (exact) mass is 412 g/mol. The van der Waals surface area contributed by atoms with E-state index in [0.717, 1.165) is 12.0 Å². The highest BCUT2D eigenvalue weighted by atomic mass is 32.2. The lowest BCUT2D eigenvalue weighted by molar-refractivity contribution is -0.126. The number of rotatable bonds is 10. The third kappa shape index (κ3) is 6.10. The summed E-state index contributed by atoms with van der Waals surface area (Å²) in [6.07, 6.45) is 2.65. The number of methoxy groups -OCH3 is 1. The van der Waals surface area contributed by atoms with Gasteiger partial charge in [-0.25, -0.2) is 12.7 Å². The van der Waals surface area contributed by atoms with Gasteiger partial charge in [-0.1, -0.05) is 19.4 Å². The third-order valence-electron chi connectivity index (χ3n) is 4.97. The van der Waals surface area contributed by atoms with Gasteiger partial charge < -0.3 is 14.8 Å². The number of hydrogen-bond donors (Lipinski definition) is 1. The topological polar surface area (TPSA) is 84.9 Å². The van der Waals surface area contributed by atoms with Crippen LogP contribution in [-0.2, 0) is 21.4 Å². The minimum Gasteiger partial charge on any atom is -0.493 e. The van der Waals surface area contributed by atoms with E-state index in [0.29, 0.717) is 57.0 Å². The molecular weight excluding hydrogens is 380 g/mol. The van der Waals surface area contributed by atoms with Crippen LogP contribution >= 0.6 is 0 Å². The maximum atomic E-state index is 12.5. The number of nitrogens with zero attached hydrogens (tertiary/aromatic N) is 1. The predicted molar refractivity (Wildman–Crippen MR) is 109 cm³/mol. The Bertz CT molecular complexity index is 743. The van der Waals surface area contributed by atoms with Crippen molar-refractivity contribution in [2.75, 3.05) is 32.6 Å². The van der Waals surface area contributed by atoms with Crippen LogP contribution in [-0.4, -0.2) is 51.2 Å². The van der Waals surface area contributed by atoms with Crippen molar-refractivity contribution < 1.29 is 22.7 Å². The van der Waals surface area contributed by atoms with Gasteiger partial charge in [-0.15, -0.1) is 0 Å². The van der Waals surface area contributed by atoms with Crippen molar-refractivity contribution >= 4 is 15.9 Å². The second-order valence-corrected chi connectivity index (χ2v) is 9.07. The first-order valence-corrected chi connectivity index (χ1v) is 11.6. The zero-order valence-electron chi connectivity index (χ0n) is 17.1. The number of nitrogens with one attached hydrogen (secondary N) is 1. The molecule has 8 heteroatoms. The number of ether oxygens (including phenoxy) is 2. The van der Waals surface area contributed by atoms with Crippen molar-refractivity contribution in [2.24, 2.45) is 5.92 Å². The molecule has 0 spiro atoms. The molecular formula is C20H32N2O5S. The Hall–Kier alpha value is -1.80. The van der Waals surface area contributed by atoms with Gasteiger partial charge in [0.25, 0.3) is 0 Å². The van der Waals surface area contributed by atoms with E-state index >= 15 is 0 Å². The molecule has 1 amide bonds. The predicted octanol–water partition coefficient (Wildman–Crippen LogP) is 2.55. The summed E-state index contributed by atoms with van der Waals surface area (Å²) in [7, 11) is -1.60. The van der Waals surface area contributed by atoms with E-state index in [-0.39, 0.29) is 17.6 Å². The lowest BCUT2D eigenvalue weighted by atomic mass is 9.97. The van der Waals surface area contributed by atoms with E-state index in [9.17, 15) is 13.2 Å². The molecule has 0 aliphatic carbocycles. The standard InChI is InChI=1S/C20H32N2O5S/c1-4-6-13-28(24,25)22-11-9-17(10-12-22)20(23)21-15-16-7-8-18(27-5-2)19(14-16)26-3/h7-8,14,17H,4-6,9-13,15H2,1-3H3,(H,21,23). The molecule has 7 nitrogen and oxygen atoms in total. The zero-order chi connectivity index (χ0) is 20.6. The first-order valence-electron chi connectivity index (χ1n) is 9.96. The smallest absolute Gasteiger partial charge is 0.223 e. The quantitative estimate of drug-likeness (QED) is 0.638. The average molecular weight is 413 g/mol. The summed E-state index contributed by atoms with van der Waals surface area (Å²) in [4.78, 5) is 12.5. The molecule has 0 aromatic heterocycles. The summed E-state index contributed by atoms with van der Waals surface area (Å²) in [6, 6.07) is 5.59. The number of piperidine rings is 1. The van der Waals surface area contributed by atoms with Gasteiger partial charge in [0, 0.05) is 25.6 Å². The maximum Gasteiger partial charge on any atom is 0.223 e. The number of benzene rings is 1. The van der Waals surface area contributed by atoms with E-state index in [1.54, 1.807) is 7.11 Å². The zero-order valence-corrected chi connectivity index (χ0v) is 17.9. The van der Waals surface area contributed by atoms with Crippen LogP contribution in [0.1, 0.15) is 45.1 Å². The molecule has 0 unspecified atom stereocenters. The van der Waals surface area contributed by atoms with Crippen molar-refractivity contribution in [1.82, 2.24) is 9.62 Å². The Morgan fingerprint density at radius 3 is 2.54 bits per heavy atom. The highest BCUT2D eigenvalue weighted by Crippen LogP contribution is 2.28. The van der Waals surface area contributed by atoms with E-state index in [1.807, 2.05) is 32.0 Å². The first-order chi connectivity index (χ1) is 13.4. The lowest BCUT2D eigenvalue weighted by Crippen LogP contribution is -2.43. The molecule has 0 saturated carbocycles. The number of carbonyl (C=O) groups is 1. The Labute approximate surface area is 168 Å². The summed E-state index contributed by atoms with van der Waals surface area (Å²) >= 11 is 0. The lowest BCUT2D eigenvalue weighted by Gasteiger charge is -2.30. The van der Waals surface area contributed by atoms with Crippen LogP contribution in [0.15, 0.2) is 18.2 Å². The molecule has 1 aliphatic rings. The van der Waals surface area contributed by atoms with Crippen molar-refractivity contribution in [3.63, 3.8) is 0 Å². The molecule has 1 aromatic rings. The molecule has 1 heterocycles. The summed E-state index contributed by atoms with van der Waals surface area (Å²) in [5, 5.41) is 2.96. The van der Waals surface area contributed by atoms with Gasteiger partial charge in [0.2, 0.25) is 15.9 Å². The van der Waals surface area contributed by atoms with Crippen molar-refractivity contribution in [3.8, 4) is 11.5 Å². The molecule has 2 rings (SSSR count). The molecule has 158 valence electrons. The average Bonchev–Trinajstić information content (AvgIpc) is 2.71. The minimum atomic E-state index is -3.19. The largest absolute Gasteiger partial charge is 0.493 e. The van der Waals surface area contributed by atoms with E-state index in [1.165, 1.54) is 4.31 Å². The molecule has 1 fully saturated rings. The molecule has 28 heavy (non-hydrogen) atoms. The Morgan fingerprint density at radius 1 is 1.21 bits per heavy atom. The number of amides is 1. The van der Waals surface area contributed by atoms with Crippen LogP contribution in [0.3, 0.4) is 0 Å². The van der Waals surface area contributed by atoms with Crippen LogP contribution in [0, 0.1) is 5.92 Å². The first kappa shape index (κ1) is 22.5. The molecule has 0 atom stereocenters. The highest BCUT2D eigenvalue weighted by Gasteiger charge is 2.30. The van der Waals surface area contributed by atoms with Crippen molar-refractivity contribution in [3.05, 3.63) is 23.8 Å². The normalized spacial score (nSPS) is 16.0. The fourth-order valence-corrected chi connectivity index (χ4v) is 4.96. The van der Waals surface area contributed by atoms with Crippen LogP contribution in [0.25, 0.3) is 0 Å². The van der Waals surface area contributed by atoms with Gasteiger partial charge in [-0.05, 0) is 43.9 Å². The van der Waals surface area contributed by atoms with E-state index < -0.39 is 10.0 Å². The number of sulfonamides is 1. The van der Waals surface area contributed by atoms with Crippen molar-refractivity contribution in [1.29, 1.82) is 0 Å². The SMILES string of the molecule is CCCCS(=O)(=O)N1CCC(C(=O)NCc2ccc(OCC)c(OC)c2)CC1. The van der Waals surface area contributed by atoms with Gasteiger partial charge in [0.1, 0.15) is 0 Å². The molecule has 0 radical (unpaired) electrons. The summed E-state index contributed by atoms with van der Waals surface area (Å²) < 4.78 is 36.9. The number of unbranched alkanes of at least 4 members (excludes halogenated alkanes) is 1. The van der Waals surface area contributed by atoms with Gasteiger partial charge in [0.15, 0.2) is 11.5 Å². The Morgan fingerprint density at radius 2 is 1.93 bits per heavy atom. The van der Waals surface area contributed by atoms with Gasteiger partial charge in [0.05, 0.1) is 19.5 Å². The third-order valence-corrected chi connectivity index (χ3v) is 6.93. The highest BCUT2D eigenvalue weighted by molar-refractivity contribution is 7.89. The molecule has 1 aromatic carbocycles. The fourth-order valence-electron chi connectivity index (χ4n) is 3.28. The van der Waals surface area contributed by atoms with Crippen LogP contribution < -0.4 is 14.8 Å². The molecule has 0 bridgehead atoms. The molecule has 1 aliphatic heterocycles. The second kappa shape index (κ2) is 10.7. The van der Waals surface area contributed by atoms with Gasteiger partial charge in [-0.3, -0.25) is 4.79 Å². The number of hydrogen-bond acceptors (Lipinski definition) is 5. The Kier molecular flexibility index (Phi) is 8.57. The van der Waals surface area contributed by atoms with Crippen molar-refractivity contribution in [2.45, 2.75) is 46.1 Å². The van der Waals surface area contributed by atoms with Crippen LogP contribution in [0.4, 0.5) is 0 Å². The maximum absolute atomic E-state index is 12.5. The van der Waals surface area contributed by atoms with E-state index in [4.69, 9.17) is 9.47 Å². The number of carbonyl (C=O) groups excluding carboxylic acids is 1. The summed E-state index contributed by atoms with van der Waals surface area (Å²) in [5.74, 6) is 1.33. The van der Waals surface area contributed by atoms with E-state index in [2.05, 4.69) is 5.32 Å². The van der Waals surface area contributed by atoms with Crippen LogP contribution in [0.5, 0.6) is 11.5 Å². The Balaban J connectivity index is 1.85. The molecule has 1 saturated heterocycles. The van der Waals surface area contributed by atoms with Gasteiger partial charge >= 0.3 is 0 Å².